The molecule has 2 aromatic carbocycles. The Kier molecular flexibility index (Phi) is 5.64. The number of carbonyl (C=O) groups excluding carboxylic acids is 1. The van der Waals surface area contributed by atoms with Crippen LogP contribution >= 0.6 is 11.8 Å². The summed E-state index contributed by atoms with van der Waals surface area (Å²) in [5.41, 5.74) is 1.53. The summed E-state index contributed by atoms with van der Waals surface area (Å²) in [4.78, 5) is 13.2. The molecule has 1 atom stereocenters. The van der Waals surface area contributed by atoms with E-state index in [2.05, 4.69) is 6.07 Å². The van der Waals surface area contributed by atoms with Crippen LogP contribution in [-0.4, -0.2) is 31.1 Å². The van der Waals surface area contributed by atoms with Gasteiger partial charge in [-0.05, 0) is 24.6 Å². The van der Waals surface area contributed by atoms with Crippen molar-refractivity contribution in [3.8, 4) is 6.07 Å². The first kappa shape index (κ1) is 18.5. The van der Waals surface area contributed by atoms with Crippen molar-refractivity contribution < 1.29 is 17.9 Å². The SMILES string of the molecule is N#Cc1ccccc1COC(=O)c1ccccc1S[C@@H]1CCS(=O)(=O)C1. The number of thioether (sulfide) groups is 1. The Labute approximate surface area is 156 Å². The second-order valence-electron chi connectivity index (χ2n) is 5.98. The zero-order valence-electron chi connectivity index (χ0n) is 13.9. The predicted molar refractivity (Wildman–Crippen MR) is 99.6 cm³/mol. The molecule has 0 aliphatic carbocycles. The van der Waals surface area contributed by atoms with E-state index < -0.39 is 15.8 Å². The van der Waals surface area contributed by atoms with E-state index in [0.29, 0.717) is 28.0 Å². The van der Waals surface area contributed by atoms with Crippen LogP contribution < -0.4 is 0 Å². The van der Waals surface area contributed by atoms with E-state index >= 15 is 0 Å². The van der Waals surface area contributed by atoms with Gasteiger partial charge in [0.15, 0.2) is 9.84 Å². The van der Waals surface area contributed by atoms with Gasteiger partial charge in [-0.1, -0.05) is 30.3 Å². The average molecular weight is 387 g/mol. The molecule has 2 aromatic rings. The maximum Gasteiger partial charge on any atom is 0.339 e. The molecule has 1 aliphatic heterocycles. The molecule has 0 radical (unpaired) electrons. The van der Waals surface area contributed by atoms with E-state index in [1.54, 1.807) is 42.5 Å². The van der Waals surface area contributed by atoms with Gasteiger partial charge < -0.3 is 4.74 Å². The maximum atomic E-state index is 12.5. The molecule has 0 saturated carbocycles. The number of nitriles is 1. The largest absolute Gasteiger partial charge is 0.457 e. The van der Waals surface area contributed by atoms with Gasteiger partial charge in [-0.25, -0.2) is 13.2 Å². The van der Waals surface area contributed by atoms with Crippen molar-refractivity contribution >= 4 is 27.6 Å². The van der Waals surface area contributed by atoms with Gasteiger partial charge in [0.25, 0.3) is 0 Å². The lowest BCUT2D eigenvalue weighted by Crippen LogP contribution is -2.10. The van der Waals surface area contributed by atoms with Crippen LogP contribution in [0.1, 0.15) is 27.9 Å². The third-order valence-corrected chi connectivity index (χ3v) is 7.41. The van der Waals surface area contributed by atoms with Crippen molar-refractivity contribution in [2.24, 2.45) is 0 Å². The fourth-order valence-electron chi connectivity index (χ4n) is 2.75. The predicted octanol–water partition coefficient (Wildman–Crippen LogP) is 3.19. The number of rotatable bonds is 5. The number of esters is 1. The van der Waals surface area contributed by atoms with E-state index in [1.807, 2.05) is 6.07 Å². The first-order valence-corrected chi connectivity index (χ1v) is 10.8. The van der Waals surface area contributed by atoms with Gasteiger partial charge in [-0.15, -0.1) is 11.8 Å². The van der Waals surface area contributed by atoms with Gasteiger partial charge in [0, 0.05) is 15.7 Å². The number of nitrogens with zero attached hydrogens (tertiary/aromatic N) is 1. The van der Waals surface area contributed by atoms with Crippen molar-refractivity contribution in [3.63, 3.8) is 0 Å². The molecule has 26 heavy (non-hydrogen) atoms. The minimum atomic E-state index is -2.97. The Morgan fingerprint density at radius 1 is 1.19 bits per heavy atom. The minimum Gasteiger partial charge on any atom is -0.457 e. The summed E-state index contributed by atoms with van der Waals surface area (Å²) in [7, 11) is -2.97. The Morgan fingerprint density at radius 3 is 2.65 bits per heavy atom. The number of benzene rings is 2. The highest BCUT2D eigenvalue weighted by Gasteiger charge is 2.29. The highest BCUT2D eigenvalue weighted by Crippen LogP contribution is 2.33. The molecule has 0 aromatic heterocycles. The lowest BCUT2D eigenvalue weighted by molar-refractivity contribution is 0.0468. The van der Waals surface area contributed by atoms with Crippen LogP contribution in [0.5, 0.6) is 0 Å². The summed E-state index contributed by atoms with van der Waals surface area (Å²) in [5.74, 6) is -0.152. The topological polar surface area (TPSA) is 84.2 Å². The van der Waals surface area contributed by atoms with Gasteiger partial charge >= 0.3 is 5.97 Å². The number of ether oxygens (including phenoxy) is 1. The first-order chi connectivity index (χ1) is 12.5. The molecule has 0 N–H and O–H groups in total. The monoisotopic (exact) mass is 387 g/mol. The van der Waals surface area contributed by atoms with Gasteiger partial charge in [0.2, 0.25) is 0 Å². The lowest BCUT2D eigenvalue weighted by atomic mass is 10.1. The van der Waals surface area contributed by atoms with Crippen LogP contribution in [0, 0.1) is 11.3 Å². The number of hydrogen-bond acceptors (Lipinski definition) is 6. The molecule has 0 bridgehead atoms. The van der Waals surface area contributed by atoms with Crippen LogP contribution in [0.4, 0.5) is 0 Å². The molecule has 0 unspecified atom stereocenters. The zero-order valence-corrected chi connectivity index (χ0v) is 15.6. The fraction of sp³-hybridized carbons (Fsp3) is 0.263. The molecule has 7 heteroatoms. The van der Waals surface area contributed by atoms with Crippen LogP contribution in [0.15, 0.2) is 53.4 Å². The molecule has 1 aliphatic rings. The van der Waals surface area contributed by atoms with E-state index in [-0.39, 0.29) is 23.4 Å². The smallest absolute Gasteiger partial charge is 0.339 e. The highest BCUT2D eigenvalue weighted by atomic mass is 32.2. The van der Waals surface area contributed by atoms with Gasteiger partial charge in [-0.3, -0.25) is 0 Å². The molecule has 1 saturated heterocycles. The number of carbonyl (C=O) groups is 1. The van der Waals surface area contributed by atoms with E-state index in [4.69, 9.17) is 10.00 Å². The molecule has 0 spiro atoms. The number of sulfone groups is 1. The Hall–Kier alpha value is -2.30. The third-order valence-electron chi connectivity index (χ3n) is 4.09. The number of hydrogen-bond donors (Lipinski definition) is 0. The van der Waals surface area contributed by atoms with E-state index in [0.717, 1.165) is 0 Å². The van der Waals surface area contributed by atoms with Gasteiger partial charge in [-0.2, -0.15) is 5.26 Å². The van der Waals surface area contributed by atoms with E-state index in [9.17, 15) is 13.2 Å². The molecular formula is C19H17NO4S2. The summed E-state index contributed by atoms with van der Waals surface area (Å²) in [5, 5.41) is 9.06. The standard InChI is InChI=1S/C19H17NO4S2/c20-11-14-5-1-2-6-15(14)12-24-19(21)17-7-3-4-8-18(17)25-16-9-10-26(22,23)13-16/h1-8,16H,9-10,12-13H2/t16-/m1/s1. The summed E-state index contributed by atoms with van der Waals surface area (Å²) in [6.07, 6.45) is 0.589. The summed E-state index contributed by atoms with van der Waals surface area (Å²) >= 11 is 1.41. The normalized spacial score (nSPS) is 18.2. The van der Waals surface area contributed by atoms with Gasteiger partial charge in [0.1, 0.15) is 6.61 Å². The van der Waals surface area contributed by atoms with Crippen molar-refractivity contribution in [1.82, 2.24) is 0 Å². The molecular weight excluding hydrogens is 370 g/mol. The van der Waals surface area contributed by atoms with Crippen LogP contribution in [0.25, 0.3) is 0 Å². The summed E-state index contributed by atoms with van der Waals surface area (Å²) < 4.78 is 28.7. The summed E-state index contributed by atoms with van der Waals surface area (Å²) in [6.45, 7) is 0.0133. The van der Waals surface area contributed by atoms with Crippen molar-refractivity contribution in [1.29, 1.82) is 5.26 Å². The molecule has 1 heterocycles. The molecule has 3 rings (SSSR count). The van der Waals surface area contributed by atoms with Crippen molar-refractivity contribution in [3.05, 3.63) is 65.2 Å². The highest BCUT2D eigenvalue weighted by molar-refractivity contribution is 8.02. The summed E-state index contributed by atoms with van der Waals surface area (Å²) in [6, 6.07) is 16.1. The molecule has 5 nitrogen and oxygen atoms in total. The van der Waals surface area contributed by atoms with Gasteiger partial charge in [0.05, 0.1) is 28.7 Å². The van der Waals surface area contributed by atoms with Crippen LogP contribution in [0.3, 0.4) is 0 Å². The Bertz CT molecular complexity index is 963. The Balaban J connectivity index is 1.71. The lowest BCUT2D eigenvalue weighted by Gasteiger charge is -2.12. The second-order valence-corrected chi connectivity index (χ2v) is 9.56. The van der Waals surface area contributed by atoms with Crippen LogP contribution in [0.2, 0.25) is 0 Å². The fourth-order valence-corrected chi connectivity index (χ4v) is 6.36. The molecule has 1 fully saturated rings. The zero-order chi connectivity index (χ0) is 18.6. The van der Waals surface area contributed by atoms with Crippen LogP contribution in [-0.2, 0) is 21.2 Å². The Morgan fingerprint density at radius 2 is 1.92 bits per heavy atom. The third kappa shape index (κ3) is 4.45. The quantitative estimate of drug-likeness (QED) is 0.733. The minimum absolute atomic E-state index is 0.0133. The first-order valence-electron chi connectivity index (χ1n) is 8.10. The molecule has 0 amide bonds. The van der Waals surface area contributed by atoms with Crippen molar-refractivity contribution in [2.45, 2.75) is 23.2 Å². The second kappa shape index (κ2) is 7.94. The van der Waals surface area contributed by atoms with Crippen molar-refractivity contribution in [2.75, 3.05) is 11.5 Å². The maximum absolute atomic E-state index is 12.5. The molecule has 134 valence electrons. The van der Waals surface area contributed by atoms with E-state index in [1.165, 1.54) is 11.8 Å². The average Bonchev–Trinajstić information content (AvgIpc) is 2.98.